The van der Waals surface area contributed by atoms with Crippen molar-refractivity contribution >= 4 is 23.7 Å². The maximum absolute atomic E-state index is 12.7. The zero-order valence-electron chi connectivity index (χ0n) is 25.6. The van der Waals surface area contributed by atoms with Crippen molar-refractivity contribution in [2.24, 2.45) is 0 Å². The van der Waals surface area contributed by atoms with Crippen molar-refractivity contribution in [3.8, 4) is 16.9 Å². The number of esters is 2. The zero-order chi connectivity index (χ0) is 29.8. The third-order valence-corrected chi connectivity index (χ3v) is 8.45. The third kappa shape index (κ3) is 12.4. The molecule has 0 spiro atoms. The van der Waals surface area contributed by atoms with Gasteiger partial charge < -0.3 is 9.47 Å². The first-order chi connectivity index (χ1) is 20.6. The highest BCUT2D eigenvalue weighted by Crippen LogP contribution is 2.26. The lowest BCUT2D eigenvalue weighted by molar-refractivity contribution is 0.0497. The minimum absolute atomic E-state index is 0.350. The number of thioether (sulfide) groups is 1. The van der Waals surface area contributed by atoms with Gasteiger partial charge in [0.25, 0.3) is 0 Å². The largest absolute Gasteiger partial charge is 0.462 e. The highest BCUT2D eigenvalue weighted by Gasteiger charge is 2.11. The molecule has 0 atom stereocenters. The molecule has 0 N–H and O–H groups in total. The maximum atomic E-state index is 12.7. The Hall–Kier alpha value is -3.05. The molecule has 3 rings (SSSR count). The molecular weight excluding hydrogens is 540 g/mol. The number of rotatable bonds is 20. The van der Waals surface area contributed by atoms with Crippen LogP contribution >= 0.6 is 11.8 Å². The molecule has 226 valence electrons. The van der Waals surface area contributed by atoms with Gasteiger partial charge in [0.2, 0.25) is 0 Å². The molecule has 3 aromatic rings. The Labute approximate surface area is 257 Å². The lowest BCUT2D eigenvalue weighted by Gasteiger charge is -2.08. The smallest absolute Gasteiger partial charge is 0.343 e. The van der Waals surface area contributed by atoms with E-state index in [9.17, 15) is 9.59 Å². The average Bonchev–Trinajstić information content (AvgIpc) is 3.02. The van der Waals surface area contributed by atoms with Gasteiger partial charge in [0.05, 0.1) is 17.7 Å². The van der Waals surface area contributed by atoms with E-state index < -0.39 is 5.97 Å². The van der Waals surface area contributed by atoms with Crippen molar-refractivity contribution in [1.29, 1.82) is 0 Å². The molecule has 0 unspecified atom stereocenters. The fourth-order valence-corrected chi connectivity index (χ4v) is 5.66. The van der Waals surface area contributed by atoms with Gasteiger partial charge in [0, 0.05) is 4.90 Å². The van der Waals surface area contributed by atoms with Gasteiger partial charge in [-0.1, -0.05) is 109 Å². The predicted octanol–water partition coefficient (Wildman–Crippen LogP) is 10.9. The van der Waals surface area contributed by atoms with E-state index in [4.69, 9.17) is 9.47 Å². The SMILES string of the molecule is CCCCCCCCCSc1ccc(-c2ccc(C(=O)Oc3ccc(C(=O)OCCCCCCCC)cc3)cc2)cc1. The topological polar surface area (TPSA) is 52.6 Å². The second-order valence-electron chi connectivity index (χ2n) is 10.9. The molecule has 0 bridgehead atoms. The number of unbranched alkanes of at least 4 members (excludes halogenated alkanes) is 11. The molecule has 0 aliphatic carbocycles. The van der Waals surface area contributed by atoms with Crippen molar-refractivity contribution in [3.63, 3.8) is 0 Å². The summed E-state index contributed by atoms with van der Waals surface area (Å²) in [5.41, 5.74) is 3.10. The minimum atomic E-state index is -0.433. The molecule has 4 nitrogen and oxygen atoms in total. The number of benzene rings is 3. The fourth-order valence-electron chi connectivity index (χ4n) is 4.75. The Morgan fingerprint density at radius 3 is 1.62 bits per heavy atom. The summed E-state index contributed by atoms with van der Waals surface area (Å²) in [6.07, 6.45) is 16.2. The molecule has 0 amide bonds. The molecule has 42 heavy (non-hydrogen) atoms. The van der Waals surface area contributed by atoms with Crippen molar-refractivity contribution in [3.05, 3.63) is 83.9 Å². The van der Waals surface area contributed by atoms with E-state index in [1.165, 1.54) is 75.5 Å². The quantitative estimate of drug-likeness (QED) is 0.0569. The van der Waals surface area contributed by atoms with Gasteiger partial charge in [-0.15, -0.1) is 11.8 Å². The van der Waals surface area contributed by atoms with Crippen molar-refractivity contribution in [2.75, 3.05) is 12.4 Å². The van der Waals surface area contributed by atoms with Crippen LogP contribution in [0.25, 0.3) is 11.1 Å². The first kappa shape index (κ1) is 33.5. The Kier molecular flexibility index (Phi) is 15.9. The molecule has 5 heteroatoms. The molecule has 0 radical (unpaired) electrons. The van der Waals surface area contributed by atoms with Crippen LogP contribution in [0.1, 0.15) is 118 Å². The monoisotopic (exact) mass is 588 g/mol. The van der Waals surface area contributed by atoms with Gasteiger partial charge in [-0.25, -0.2) is 9.59 Å². The summed E-state index contributed by atoms with van der Waals surface area (Å²) in [5, 5.41) is 0. The van der Waals surface area contributed by atoms with Crippen molar-refractivity contribution in [2.45, 2.75) is 102 Å². The molecule has 0 saturated heterocycles. The summed E-state index contributed by atoms with van der Waals surface area (Å²) >= 11 is 1.92. The normalized spacial score (nSPS) is 10.9. The standard InChI is InChI=1S/C37H48O4S/c1-3-5-7-9-11-13-15-29-42-35-26-22-31(23-27-35)30-16-18-33(19-17-30)37(39)41-34-24-20-32(21-25-34)36(38)40-28-14-12-10-8-6-4-2/h16-27H,3-15,28-29H2,1-2H3. The molecule has 0 aliphatic heterocycles. The van der Waals surface area contributed by atoms with Crippen LogP contribution in [0.2, 0.25) is 0 Å². The van der Waals surface area contributed by atoms with Crippen LogP contribution < -0.4 is 4.74 Å². The predicted molar refractivity (Wildman–Crippen MR) is 176 cm³/mol. The van der Waals surface area contributed by atoms with E-state index in [-0.39, 0.29) is 5.97 Å². The van der Waals surface area contributed by atoms with Gasteiger partial charge in [-0.2, -0.15) is 0 Å². The van der Waals surface area contributed by atoms with E-state index in [1.54, 1.807) is 36.4 Å². The highest BCUT2D eigenvalue weighted by atomic mass is 32.2. The van der Waals surface area contributed by atoms with E-state index in [0.717, 1.165) is 29.7 Å². The summed E-state index contributed by atoms with van der Waals surface area (Å²) in [6.45, 7) is 4.89. The number of ether oxygens (including phenoxy) is 2. The number of hydrogen-bond acceptors (Lipinski definition) is 5. The molecule has 0 aromatic heterocycles. The highest BCUT2D eigenvalue weighted by molar-refractivity contribution is 7.99. The lowest BCUT2D eigenvalue weighted by atomic mass is 10.0. The van der Waals surface area contributed by atoms with E-state index in [1.807, 2.05) is 23.9 Å². The number of carbonyl (C=O) groups excluding carboxylic acids is 2. The van der Waals surface area contributed by atoms with Crippen molar-refractivity contribution < 1.29 is 19.1 Å². The van der Waals surface area contributed by atoms with Crippen LogP contribution in [0, 0.1) is 0 Å². The van der Waals surface area contributed by atoms with Crippen LogP contribution in [-0.4, -0.2) is 24.3 Å². The van der Waals surface area contributed by atoms with Crippen LogP contribution in [0.5, 0.6) is 5.75 Å². The first-order valence-electron chi connectivity index (χ1n) is 15.9. The molecule has 0 fully saturated rings. The third-order valence-electron chi connectivity index (χ3n) is 7.36. The van der Waals surface area contributed by atoms with Gasteiger partial charge >= 0.3 is 11.9 Å². The molecule has 3 aromatic carbocycles. The summed E-state index contributed by atoms with van der Waals surface area (Å²) in [5.74, 6) is 0.769. The maximum Gasteiger partial charge on any atom is 0.343 e. The molecular formula is C37H48O4S. The molecule has 0 aliphatic rings. The Morgan fingerprint density at radius 2 is 1.02 bits per heavy atom. The summed E-state index contributed by atoms with van der Waals surface area (Å²) in [4.78, 5) is 26.3. The fraction of sp³-hybridized carbons (Fsp3) is 0.459. The Balaban J connectivity index is 1.39. The number of carbonyl (C=O) groups is 2. The van der Waals surface area contributed by atoms with Gasteiger partial charge in [0.1, 0.15) is 5.75 Å². The second kappa shape index (κ2) is 20.0. The van der Waals surface area contributed by atoms with E-state index in [2.05, 4.69) is 38.1 Å². The zero-order valence-corrected chi connectivity index (χ0v) is 26.4. The van der Waals surface area contributed by atoms with Gasteiger partial charge in [0.15, 0.2) is 0 Å². The van der Waals surface area contributed by atoms with E-state index in [0.29, 0.717) is 23.5 Å². The first-order valence-corrected chi connectivity index (χ1v) is 16.9. The molecule has 0 saturated carbocycles. The number of hydrogen-bond donors (Lipinski definition) is 0. The average molecular weight is 589 g/mol. The van der Waals surface area contributed by atoms with Gasteiger partial charge in [-0.3, -0.25) is 0 Å². The lowest BCUT2D eigenvalue weighted by Crippen LogP contribution is -2.09. The van der Waals surface area contributed by atoms with Crippen LogP contribution in [0.4, 0.5) is 0 Å². The Morgan fingerprint density at radius 1 is 0.548 bits per heavy atom. The van der Waals surface area contributed by atoms with Crippen molar-refractivity contribution in [1.82, 2.24) is 0 Å². The summed E-state index contributed by atoms with van der Waals surface area (Å²) in [7, 11) is 0. The molecule has 0 heterocycles. The Bertz CT molecular complexity index is 1170. The van der Waals surface area contributed by atoms with E-state index >= 15 is 0 Å². The summed E-state index contributed by atoms with van der Waals surface area (Å²) in [6, 6.07) is 22.6. The minimum Gasteiger partial charge on any atom is -0.462 e. The second-order valence-corrected chi connectivity index (χ2v) is 12.1. The van der Waals surface area contributed by atoms with Gasteiger partial charge in [-0.05, 0) is 78.3 Å². The van der Waals surface area contributed by atoms with Crippen LogP contribution in [0.3, 0.4) is 0 Å². The van der Waals surface area contributed by atoms with Crippen LogP contribution in [-0.2, 0) is 4.74 Å². The summed E-state index contributed by atoms with van der Waals surface area (Å²) < 4.78 is 10.9. The van der Waals surface area contributed by atoms with Crippen LogP contribution in [0.15, 0.2) is 77.7 Å².